The van der Waals surface area contributed by atoms with Crippen molar-refractivity contribution >= 4 is 21.6 Å². The van der Waals surface area contributed by atoms with Crippen molar-refractivity contribution in [1.29, 1.82) is 0 Å². The zero-order chi connectivity index (χ0) is 23.7. The highest BCUT2D eigenvalue weighted by Crippen LogP contribution is 2.29. The molecule has 0 aliphatic carbocycles. The Morgan fingerprint density at radius 3 is 2.21 bits per heavy atom. The third-order valence-electron chi connectivity index (χ3n) is 5.10. The second kappa shape index (κ2) is 11.5. The Labute approximate surface area is 194 Å². The molecule has 3 aromatic carbocycles. The van der Waals surface area contributed by atoms with Gasteiger partial charge in [0.2, 0.25) is 15.9 Å². The number of anilines is 1. The van der Waals surface area contributed by atoms with E-state index in [0.717, 1.165) is 11.1 Å². The first-order chi connectivity index (χ1) is 15.9. The molecule has 0 saturated carbocycles. The highest BCUT2D eigenvalue weighted by Gasteiger charge is 2.14. The lowest BCUT2D eigenvalue weighted by Gasteiger charge is -2.12. The van der Waals surface area contributed by atoms with Gasteiger partial charge >= 0.3 is 0 Å². The van der Waals surface area contributed by atoms with Crippen LogP contribution in [0.25, 0.3) is 0 Å². The number of amides is 1. The van der Waals surface area contributed by atoms with Crippen LogP contribution in [0.3, 0.4) is 0 Å². The van der Waals surface area contributed by atoms with Gasteiger partial charge in [0.1, 0.15) is 11.5 Å². The molecule has 8 heteroatoms. The molecule has 33 heavy (non-hydrogen) atoms. The van der Waals surface area contributed by atoms with Crippen LogP contribution in [0.1, 0.15) is 17.5 Å². The number of carbonyl (C=O) groups excluding carboxylic acids is 1. The predicted octanol–water partition coefficient (Wildman–Crippen LogP) is 3.80. The molecule has 0 atom stereocenters. The summed E-state index contributed by atoms with van der Waals surface area (Å²) in [5.74, 6) is 0.972. The first kappa shape index (κ1) is 24.3. The zero-order valence-electron chi connectivity index (χ0n) is 18.7. The molecule has 3 rings (SSSR count). The molecule has 0 heterocycles. The van der Waals surface area contributed by atoms with Crippen LogP contribution in [0.5, 0.6) is 11.5 Å². The third kappa shape index (κ3) is 7.06. The van der Waals surface area contributed by atoms with E-state index < -0.39 is 10.0 Å². The van der Waals surface area contributed by atoms with Gasteiger partial charge in [-0.1, -0.05) is 42.5 Å². The molecule has 1 amide bonds. The van der Waals surface area contributed by atoms with Gasteiger partial charge in [-0.2, -0.15) is 0 Å². The van der Waals surface area contributed by atoms with E-state index in [2.05, 4.69) is 10.0 Å². The second-order valence-corrected chi connectivity index (χ2v) is 9.16. The Kier molecular flexibility index (Phi) is 8.46. The predicted molar refractivity (Wildman–Crippen MR) is 128 cm³/mol. The Balaban J connectivity index is 1.52. The summed E-state index contributed by atoms with van der Waals surface area (Å²) in [6.07, 6.45) is 1.33. The number of hydrogen-bond acceptors (Lipinski definition) is 5. The van der Waals surface area contributed by atoms with E-state index in [0.29, 0.717) is 36.6 Å². The topological polar surface area (TPSA) is 93.7 Å². The van der Waals surface area contributed by atoms with Gasteiger partial charge in [-0.15, -0.1) is 0 Å². The fourth-order valence-electron chi connectivity index (χ4n) is 3.28. The smallest absolute Gasteiger partial charge is 0.240 e. The summed E-state index contributed by atoms with van der Waals surface area (Å²) in [5.41, 5.74) is 2.47. The van der Waals surface area contributed by atoms with Crippen LogP contribution in [0, 0.1) is 0 Å². The summed E-state index contributed by atoms with van der Waals surface area (Å²) in [6, 6.07) is 21.4. The summed E-state index contributed by atoms with van der Waals surface area (Å²) in [4.78, 5) is 12.6. The number of aryl methyl sites for hydroxylation is 1. The van der Waals surface area contributed by atoms with Crippen molar-refractivity contribution in [3.05, 3.63) is 83.9 Å². The monoisotopic (exact) mass is 468 g/mol. The summed E-state index contributed by atoms with van der Waals surface area (Å²) < 4.78 is 38.1. The van der Waals surface area contributed by atoms with Crippen molar-refractivity contribution in [3.63, 3.8) is 0 Å². The average molecular weight is 469 g/mol. The van der Waals surface area contributed by atoms with Crippen molar-refractivity contribution < 1.29 is 22.7 Å². The minimum atomic E-state index is -3.59. The van der Waals surface area contributed by atoms with E-state index in [1.807, 2.05) is 30.3 Å². The molecular formula is C25H28N2O5S. The third-order valence-corrected chi connectivity index (χ3v) is 6.58. The van der Waals surface area contributed by atoms with Crippen LogP contribution in [0.2, 0.25) is 0 Å². The lowest BCUT2D eigenvalue weighted by Crippen LogP contribution is -2.26. The molecule has 0 aliphatic rings. The number of hydrogen-bond donors (Lipinski definition) is 2. The minimum absolute atomic E-state index is 0.180. The molecule has 0 aliphatic heterocycles. The van der Waals surface area contributed by atoms with Crippen molar-refractivity contribution in [3.8, 4) is 11.5 Å². The lowest BCUT2D eigenvalue weighted by molar-refractivity contribution is -0.116. The number of nitrogens with one attached hydrogen (secondary N) is 2. The highest BCUT2D eigenvalue weighted by molar-refractivity contribution is 7.89. The molecule has 0 bridgehead atoms. The first-order valence-electron chi connectivity index (χ1n) is 10.6. The molecule has 0 saturated heterocycles. The molecule has 0 fully saturated rings. The average Bonchev–Trinajstić information content (AvgIpc) is 2.83. The Hall–Kier alpha value is -3.36. The van der Waals surface area contributed by atoms with Crippen LogP contribution < -0.4 is 19.5 Å². The Morgan fingerprint density at radius 1 is 0.848 bits per heavy atom. The lowest BCUT2D eigenvalue weighted by atomic mass is 10.1. The SMILES string of the molecule is COc1ccc(OC)c(NC(=O)CCc2ccc(S(=O)(=O)NCCc3ccccc3)cc2)c1. The Bertz CT molecular complexity index is 1160. The van der Waals surface area contributed by atoms with E-state index in [9.17, 15) is 13.2 Å². The van der Waals surface area contributed by atoms with Gasteiger partial charge in [-0.3, -0.25) is 4.79 Å². The van der Waals surface area contributed by atoms with E-state index in [-0.39, 0.29) is 17.2 Å². The second-order valence-electron chi connectivity index (χ2n) is 7.39. The molecule has 0 unspecified atom stereocenters. The molecule has 7 nitrogen and oxygen atoms in total. The maximum absolute atomic E-state index is 12.5. The van der Waals surface area contributed by atoms with Crippen molar-refractivity contribution in [2.24, 2.45) is 0 Å². The van der Waals surface area contributed by atoms with E-state index in [4.69, 9.17) is 9.47 Å². The van der Waals surface area contributed by atoms with Crippen LogP contribution in [-0.2, 0) is 27.7 Å². The van der Waals surface area contributed by atoms with Gasteiger partial charge in [-0.25, -0.2) is 13.1 Å². The van der Waals surface area contributed by atoms with Crippen LogP contribution in [-0.4, -0.2) is 35.1 Å². The van der Waals surface area contributed by atoms with Crippen molar-refractivity contribution in [2.45, 2.75) is 24.2 Å². The van der Waals surface area contributed by atoms with Crippen LogP contribution in [0.15, 0.2) is 77.7 Å². The number of benzene rings is 3. The number of rotatable bonds is 11. The maximum Gasteiger partial charge on any atom is 0.240 e. The maximum atomic E-state index is 12.5. The molecule has 2 N–H and O–H groups in total. The molecule has 0 spiro atoms. The minimum Gasteiger partial charge on any atom is -0.497 e. The summed E-state index contributed by atoms with van der Waals surface area (Å²) in [5, 5.41) is 2.83. The van der Waals surface area contributed by atoms with E-state index in [1.165, 1.54) is 7.11 Å². The molecule has 0 radical (unpaired) electrons. The summed E-state index contributed by atoms with van der Waals surface area (Å²) in [6.45, 7) is 0.321. The largest absolute Gasteiger partial charge is 0.497 e. The number of carbonyl (C=O) groups is 1. The van der Waals surface area contributed by atoms with Gasteiger partial charge in [0.15, 0.2) is 0 Å². The molecule has 174 valence electrons. The fraction of sp³-hybridized carbons (Fsp3) is 0.240. The first-order valence-corrected chi connectivity index (χ1v) is 12.0. The van der Waals surface area contributed by atoms with Gasteiger partial charge in [0, 0.05) is 19.0 Å². The zero-order valence-corrected chi connectivity index (χ0v) is 19.5. The quantitative estimate of drug-likeness (QED) is 0.447. The standard InChI is InChI=1S/C25H28N2O5S/c1-31-21-11-14-24(32-2)23(18-21)27-25(28)15-10-20-8-12-22(13-9-20)33(29,30)26-17-16-19-6-4-3-5-7-19/h3-9,11-14,18,26H,10,15-17H2,1-2H3,(H,27,28). The van der Waals surface area contributed by atoms with E-state index >= 15 is 0 Å². The van der Waals surface area contributed by atoms with Crippen molar-refractivity contribution in [1.82, 2.24) is 4.72 Å². The highest BCUT2D eigenvalue weighted by atomic mass is 32.2. The van der Waals surface area contributed by atoms with Gasteiger partial charge in [0.25, 0.3) is 0 Å². The van der Waals surface area contributed by atoms with Gasteiger partial charge < -0.3 is 14.8 Å². The number of ether oxygens (including phenoxy) is 2. The number of methoxy groups -OCH3 is 2. The van der Waals surface area contributed by atoms with Crippen LogP contribution in [0.4, 0.5) is 5.69 Å². The summed E-state index contributed by atoms with van der Waals surface area (Å²) >= 11 is 0. The molecule has 0 aromatic heterocycles. The number of sulfonamides is 1. The van der Waals surface area contributed by atoms with E-state index in [1.54, 1.807) is 49.6 Å². The molecule has 3 aromatic rings. The molecular weight excluding hydrogens is 440 g/mol. The fourth-order valence-corrected chi connectivity index (χ4v) is 4.31. The normalized spacial score (nSPS) is 11.1. The van der Waals surface area contributed by atoms with Crippen LogP contribution >= 0.6 is 0 Å². The van der Waals surface area contributed by atoms with Crippen molar-refractivity contribution in [2.75, 3.05) is 26.1 Å². The van der Waals surface area contributed by atoms with Gasteiger partial charge in [0.05, 0.1) is 24.8 Å². The Morgan fingerprint density at radius 2 is 1.55 bits per heavy atom. The van der Waals surface area contributed by atoms with Gasteiger partial charge in [-0.05, 0) is 48.2 Å². The summed E-state index contributed by atoms with van der Waals surface area (Å²) in [7, 11) is -0.506.